The molecule has 1 unspecified atom stereocenters. The van der Waals surface area contributed by atoms with Gasteiger partial charge in [-0.3, -0.25) is 0 Å². The summed E-state index contributed by atoms with van der Waals surface area (Å²) >= 11 is 0. The molecule has 2 N–H and O–H groups in total. The van der Waals surface area contributed by atoms with Crippen LogP contribution in [0.1, 0.15) is 13.3 Å². The average Bonchev–Trinajstić information content (AvgIpc) is 2.27. The van der Waals surface area contributed by atoms with E-state index in [0.29, 0.717) is 6.42 Å². The lowest BCUT2D eigenvalue weighted by Crippen LogP contribution is -2.30. The molecule has 0 aliphatic heterocycles. The van der Waals surface area contributed by atoms with Gasteiger partial charge in [0.15, 0.2) is 5.82 Å². The zero-order valence-electron chi connectivity index (χ0n) is 9.43. The molecule has 0 radical (unpaired) electrons. The lowest BCUT2D eigenvalue weighted by Gasteiger charge is -2.11. The first-order valence-electron chi connectivity index (χ1n) is 5.18. The fraction of sp³-hybridized carbons (Fsp3) is 0.500. The van der Waals surface area contributed by atoms with Gasteiger partial charge in [0.05, 0.1) is 0 Å². The van der Waals surface area contributed by atoms with Crippen LogP contribution in [0.3, 0.4) is 0 Å². The molecule has 1 aromatic rings. The number of nitrogens with one attached hydrogen (secondary N) is 1. The van der Waals surface area contributed by atoms with Crippen LogP contribution in [0.25, 0.3) is 0 Å². The Morgan fingerprint density at radius 3 is 2.88 bits per heavy atom. The number of nitrogens with zero attached hydrogens (tertiary/aromatic N) is 1. The number of sulfonamides is 1. The number of rotatable bonds is 6. The Balaban J connectivity index is 2.73. The maximum atomic E-state index is 13.2. The maximum Gasteiger partial charge on any atom is 0.261 e. The summed E-state index contributed by atoms with van der Waals surface area (Å²) in [6, 6.07) is 2.36. The second-order valence-electron chi connectivity index (χ2n) is 3.76. The van der Waals surface area contributed by atoms with Crippen molar-refractivity contribution in [1.29, 1.82) is 0 Å². The first kappa shape index (κ1) is 14.0. The molecule has 0 aliphatic rings. The van der Waals surface area contributed by atoms with Crippen LogP contribution in [0.2, 0.25) is 0 Å². The SMILES string of the molecule is CC(CCO)CNS(=O)(=O)c1ncccc1F. The predicted octanol–water partition coefficient (Wildman–Crippen LogP) is 0.517. The number of halogens is 1. The van der Waals surface area contributed by atoms with Gasteiger partial charge >= 0.3 is 0 Å². The van der Waals surface area contributed by atoms with Crippen LogP contribution in [0.15, 0.2) is 23.4 Å². The van der Waals surface area contributed by atoms with Gasteiger partial charge in [0.1, 0.15) is 0 Å². The summed E-state index contributed by atoms with van der Waals surface area (Å²) in [6.07, 6.45) is 1.70. The molecule has 0 fully saturated rings. The minimum atomic E-state index is -3.92. The van der Waals surface area contributed by atoms with Crippen molar-refractivity contribution in [3.8, 4) is 0 Å². The van der Waals surface area contributed by atoms with E-state index in [1.54, 1.807) is 6.92 Å². The second kappa shape index (κ2) is 6.04. The Hall–Kier alpha value is -1.05. The fourth-order valence-electron chi connectivity index (χ4n) is 1.21. The largest absolute Gasteiger partial charge is 0.396 e. The van der Waals surface area contributed by atoms with Crippen molar-refractivity contribution >= 4 is 10.0 Å². The Kier molecular flexibility index (Phi) is 4.98. The molecule has 1 rings (SSSR count). The van der Waals surface area contributed by atoms with E-state index in [0.717, 1.165) is 6.07 Å². The number of hydrogen-bond acceptors (Lipinski definition) is 4. The minimum absolute atomic E-state index is 0.0131. The monoisotopic (exact) mass is 262 g/mol. The van der Waals surface area contributed by atoms with Gasteiger partial charge in [0, 0.05) is 19.3 Å². The molecule has 17 heavy (non-hydrogen) atoms. The number of aliphatic hydroxyl groups is 1. The summed E-state index contributed by atoms with van der Waals surface area (Å²) < 4.78 is 38.9. The first-order chi connectivity index (χ1) is 7.97. The highest BCUT2D eigenvalue weighted by atomic mass is 32.2. The van der Waals surface area contributed by atoms with Gasteiger partial charge in [-0.05, 0) is 24.5 Å². The second-order valence-corrected chi connectivity index (χ2v) is 5.44. The number of aromatic nitrogens is 1. The summed E-state index contributed by atoms with van der Waals surface area (Å²) in [4.78, 5) is 3.50. The van der Waals surface area contributed by atoms with E-state index >= 15 is 0 Å². The van der Waals surface area contributed by atoms with E-state index in [-0.39, 0.29) is 19.1 Å². The molecule has 1 aromatic heterocycles. The van der Waals surface area contributed by atoms with E-state index in [1.165, 1.54) is 12.3 Å². The van der Waals surface area contributed by atoms with Gasteiger partial charge in [-0.1, -0.05) is 6.92 Å². The van der Waals surface area contributed by atoms with Crippen LogP contribution in [0.5, 0.6) is 0 Å². The quantitative estimate of drug-likeness (QED) is 0.783. The molecule has 0 aromatic carbocycles. The number of hydrogen-bond donors (Lipinski definition) is 2. The Bertz CT molecular complexity index is 464. The van der Waals surface area contributed by atoms with Crippen molar-refractivity contribution in [3.05, 3.63) is 24.1 Å². The summed E-state index contributed by atoms with van der Waals surface area (Å²) in [6.45, 7) is 1.91. The average molecular weight is 262 g/mol. The Labute approximate surface area is 99.7 Å². The van der Waals surface area contributed by atoms with Gasteiger partial charge in [-0.2, -0.15) is 0 Å². The fourth-order valence-corrected chi connectivity index (χ4v) is 2.38. The van der Waals surface area contributed by atoms with Gasteiger partial charge in [0.25, 0.3) is 10.0 Å². The van der Waals surface area contributed by atoms with Crippen LogP contribution in [-0.2, 0) is 10.0 Å². The van der Waals surface area contributed by atoms with Crippen LogP contribution in [0, 0.1) is 11.7 Å². The van der Waals surface area contributed by atoms with Crippen molar-refractivity contribution < 1.29 is 17.9 Å². The number of aliphatic hydroxyl groups excluding tert-OH is 1. The standard InChI is InChI=1S/C10H15FN2O3S/c1-8(4-6-14)7-13-17(15,16)10-9(11)3-2-5-12-10/h2-3,5,8,13-14H,4,6-7H2,1H3. The third-order valence-electron chi connectivity index (χ3n) is 2.22. The topological polar surface area (TPSA) is 79.3 Å². The first-order valence-corrected chi connectivity index (χ1v) is 6.66. The molecular formula is C10H15FN2O3S. The van der Waals surface area contributed by atoms with Gasteiger partial charge in [-0.15, -0.1) is 0 Å². The third-order valence-corrected chi connectivity index (χ3v) is 3.58. The van der Waals surface area contributed by atoms with Gasteiger partial charge < -0.3 is 5.11 Å². The lowest BCUT2D eigenvalue weighted by molar-refractivity contribution is 0.263. The van der Waals surface area contributed by atoms with Crippen LogP contribution < -0.4 is 4.72 Å². The molecular weight excluding hydrogens is 247 g/mol. The smallest absolute Gasteiger partial charge is 0.261 e. The van der Waals surface area contributed by atoms with Crippen molar-refractivity contribution in [3.63, 3.8) is 0 Å². The zero-order valence-corrected chi connectivity index (χ0v) is 10.2. The molecule has 0 saturated carbocycles. The molecule has 7 heteroatoms. The minimum Gasteiger partial charge on any atom is -0.396 e. The summed E-state index contributed by atoms with van der Waals surface area (Å²) in [5.41, 5.74) is 0. The van der Waals surface area contributed by atoms with Crippen molar-refractivity contribution in [2.45, 2.75) is 18.4 Å². The molecule has 1 heterocycles. The molecule has 0 spiro atoms. The predicted molar refractivity (Wildman–Crippen MR) is 60.3 cm³/mol. The summed E-state index contributed by atoms with van der Waals surface area (Å²) in [7, 11) is -3.92. The molecule has 0 saturated heterocycles. The van der Waals surface area contributed by atoms with Crippen LogP contribution in [-0.4, -0.2) is 31.7 Å². The van der Waals surface area contributed by atoms with E-state index in [4.69, 9.17) is 5.11 Å². The molecule has 0 bridgehead atoms. The molecule has 96 valence electrons. The van der Waals surface area contributed by atoms with E-state index in [1.807, 2.05) is 0 Å². The highest BCUT2D eigenvalue weighted by molar-refractivity contribution is 7.89. The molecule has 0 amide bonds. The van der Waals surface area contributed by atoms with E-state index < -0.39 is 20.9 Å². The molecule has 1 atom stereocenters. The van der Waals surface area contributed by atoms with Crippen LogP contribution >= 0.6 is 0 Å². The number of pyridine rings is 1. The summed E-state index contributed by atoms with van der Waals surface area (Å²) in [5, 5.41) is 8.08. The zero-order chi connectivity index (χ0) is 12.9. The molecule has 0 aliphatic carbocycles. The molecule has 5 nitrogen and oxygen atoms in total. The van der Waals surface area contributed by atoms with Gasteiger partial charge in [-0.25, -0.2) is 22.5 Å². The van der Waals surface area contributed by atoms with Gasteiger partial charge in [0.2, 0.25) is 5.03 Å². The Morgan fingerprint density at radius 1 is 1.59 bits per heavy atom. The maximum absolute atomic E-state index is 13.2. The van der Waals surface area contributed by atoms with Crippen LogP contribution in [0.4, 0.5) is 4.39 Å². The van der Waals surface area contributed by atoms with E-state index in [9.17, 15) is 12.8 Å². The lowest BCUT2D eigenvalue weighted by atomic mass is 10.1. The van der Waals surface area contributed by atoms with Crippen molar-refractivity contribution in [2.24, 2.45) is 5.92 Å². The van der Waals surface area contributed by atoms with Crippen molar-refractivity contribution in [2.75, 3.05) is 13.2 Å². The highest BCUT2D eigenvalue weighted by Crippen LogP contribution is 2.10. The van der Waals surface area contributed by atoms with Crippen molar-refractivity contribution in [1.82, 2.24) is 9.71 Å². The Morgan fingerprint density at radius 2 is 2.29 bits per heavy atom. The third kappa shape index (κ3) is 4.03. The normalized spacial score (nSPS) is 13.6. The summed E-state index contributed by atoms with van der Waals surface area (Å²) in [5.74, 6) is -0.906. The van der Waals surface area contributed by atoms with E-state index in [2.05, 4.69) is 9.71 Å². The highest BCUT2D eigenvalue weighted by Gasteiger charge is 2.20.